The van der Waals surface area contributed by atoms with Crippen molar-refractivity contribution in [3.05, 3.63) is 0 Å². The first-order valence-electron chi connectivity index (χ1n) is 8.15. The summed E-state index contributed by atoms with van der Waals surface area (Å²) in [5, 5.41) is 14.6. The van der Waals surface area contributed by atoms with Crippen LogP contribution in [0, 0.1) is 11.8 Å². The van der Waals surface area contributed by atoms with Crippen LogP contribution in [0.15, 0.2) is 0 Å². The minimum absolute atomic E-state index is 0.0665. The predicted molar refractivity (Wildman–Crippen MR) is 83.2 cm³/mol. The molecular weight excluding hydrogens is 268 g/mol. The number of unbranched alkanes of at least 4 members (excludes halogenated alkanes) is 3. The molecule has 3 N–H and O–H groups in total. The fourth-order valence-electron chi connectivity index (χ4n) is 2.50. The third-order valence-corrected chi connectivity index (χ3v) is 4.21. The third kappa shape index (κ3) is 6.36. The lowest BCUT2D eigenvalue weighted by atomic mass is 9.96. The normalized spacial score (nSPS) is 17.3. The van der Waals surface area contributed by atoms with Gasteiger partial charge in [-0.1, -0.05) is 39.5 Å². The van der Waals surface area contributed by atoms with Crippen molar-refractivity contribution in [2.45, 2.75) is 71.3 Å². The lowest BCUT2D eigenvalue weighted by Crippen LogP contribution is -2.56. The molecule has 0 aromatic rings. The zero-order chi connectivity index (χ0) is 15.9. The van der Waals surface area contributed by atoms with Gasteiger partial charge in [0.25, 0.3) is 0 Å². The highest BCUT2D eigenvalue weighted by Gasteiger charge is 2.48. The molecule has 0 aromatic carbocycles. The maximum atomic E-state index is 11.8. The van der Waals surface area contributed by atoms with Gasteiger partial charge in [-0.2, -0.15) is 0 Å². The van der Waals surface area contributed by atoms with Crippen molar-refractivity contribution in [1.82, 2.24) is 10.6 Å². The van der Waals surface area contributed by atoms with E-state index in [9.17, 15) is 14.7 Å². The van der Waals surface area contributed by atoms with Gasteiger partial charge in [0.1, 0.15) is 5.54 Å². The summed E-state index contributed by atoms with van der Waals surface area (Å²) in [7, 11) is 0. The Labute approximate surface area is 127 Å². The van der Waals surface area contributed by atoms with Crippen molar-refractivity contribution in [1.29, 1.82) is 0 Å². The zero-order valence-electron chi connectivity index (χ0n) is 13.6. The number of hydrogen-bond acceptors (Lipinski definition) is 2. The molecule has 0 radical (unpaired) electrons. The van der Waals surface area contributed by atoms with Crippen LogP contribution in [0.5, 0.6) is 0 Å². The fourth-order valence-corrected chi connectivity index (χ4v) is 2.50. The van der Waals surface area contributed by atoms with Gasteiger partial charge in [0, 0.05) is 6.54 Å². The second kappa shape index (κ2) is 8.25. The van der Waals surface area contributed by atoms with Crippen molar-refractivity contribution in [3.63, 3.8) is 0 Å². The molecule has 1 atom stereocenters. The summed E-state index contributed by atoms with van der Waals surface area (Å²) in [5.41, 5.74) is -1.12. The van der Waals surface area contributed by atoms with Gasteiger partial charge in [-0.25, -0.2) is 9.59 Å². The van der Waals surface area contributed by atoms with E-state index >= 15 is 0 Å². The molecule has 21 heavy (non-hydrogen) atoms. The number of carbonyl (C=O) groups is 2. The van der Waals surface area contributed by atoms with E-state index in [1.165, 1.54) is 19.3 Å². The summed E-state index contributed by atoms with van der Waals surface area (Å²) in [6.45, 7) is 6.66. The van der Waals surface area contributed by atoms with E-state index in [2.05, 4.69) is 24.5 Å². The summed E-state index contributed by atoms with van der Waals surface area (Å²) in [5.74, 6) is -0.129. The van der Waals surface area contributed by atoms with Gasteiger partial charge in [-0.15, -0.1) is 0 Å². The van der Waals surface area contributed by atoms with E-state index in [0.717, 1.165) is 31.6 Å². The predicted octanol–water partition coefficient (Wildman–Crippen LogP) is 3.15. The second-order valence-electron chi connectivity index (χ2n) is 6.76. The molecule has 122 valence electrons. The zero-order valence-corrected chi connectivity index (χ0v) is 13.6. The van der Waals surface area contributed by atoms with E-state index in [1.807, 2.05) is 0 Å². The molecule has 1 aliphatic carbocycles. The van der Waals surface area contributed by atoms with Gasteiger partial charge in [-0.05, 0) is 38.0 Å². The molecule has 2 amide bonds. The van der Waals surface area contributed by atoms with Gasteiger partial charge in [0.15, 0.2) is 0 Å². The standard InChI is InChI=1S/C16H30N2O3/c1-12(2)8-6-4-5-7-11-17-15(21)18-16(3,14(19)20)13-9-10-13/h12-13H,4-11H2,1-3H3,(H,19,20)(H2,17,18,21). The summed E-state index contributed by atoms with van der Waals surface area (Å²) >= 11 is 0. The summed E-state index contributed by atoms with van der Waals surface area (Å²) in [6.07, 6.45) is 7.48. The maximum absolute atomic E-state index is 11.8. The molecule has 0 aliphatic heterocycles. The van der Waals surface area contributed by atoms with E-state index < -0.39 is 11.5 Å². The summed E-state index contributed by atoms with van der Waals surface area (Å²) in [6, 6.07) is -0.367. The average Bonchev–Trinajstić information content (AvgIpc) is 3.21. The Hall–Kier alpha value is -1.26. The fraction of sp³-hybridized carbons (Fsp3) is 0.875. The molecule has 1 rings (SSSR count). The van der Waals surface area contributed by atoms with E-state index in [4.69, 9.17) is 0 Å². The number of urea groups is 1. The molecule has 1 aliphatic rings. The highest BCUT2D eigenvalue weighted by atomic mass is 16.4. The van der Waals surface area contributed by atoms with E-state index in [1.54, 1.807) is 6.92 Å². The Balaban J connectivity index is 2.12. The Kier molecular flexibility index (Phi) is 6.99. The number of nitrogens with one attached hydrogen (secondary N) is 2. The number of carboxylic acid groups (broad SMARTS) is 1. The monoisotopic (exact) mass is 298 g/mol. The lowest BCUT2D eigenvalue weighted by molar-refractivity contribution is -0.144. The minimum Gasteiger partial charge on any atom is -0.480 e. The minimum atomic E-state index is -1.12. The van der Waals surface area contributed by atoms with Crippen molar-refractivity contribution in [2.75, 3.05) is 6.54 Å². The number of carboxylic acids is 1. The Morgan fingerprint density at radius 1 is 1.19 bits per heavy atom. The van der Waals surface area contributed by atoms with Gasteiger partial charge < -0.3 is 15.7 Å². The summed E-state index contributed by atoms with van der Waals surface area (Å²) in [4.78, 5) is 23.1. The van der Waals surface area contributed by atoms with Crippen LogP contribution in [0.1, 0.15) is 65.7 Å². The quantitative estimate of drug-likeness (QED) is 0.542. The van der Waals surface area contributed by atoms with Gasteiger partial charge in [-0.3, -0.25) is 0 Å². The van der Waals surface area contributed by atoms with Crippen LogP contribution in [0.25, 0.3) is 0 Å². The van der Waals surface area contributed by atoms with Crippen LogP contribution in [0.4, 0.5) is 4.79 Å². The highest BCUT2D eigenvalue weighted by molar-refractivity contribution is 5.86. The van der Waals surface area contributed by atoms with Crippen LogP contribution < -0.4 is 10.6 Å². The maximum Gasteiger partial charge on any atom is 0.329 e. The molecule has 0 bridgehead atoms. The Bertz CT molecular complexity index is 353. The van der Waals surface area contributed by atoms with E-state index in [-0.39, 0.29) is 11.9 Å². The summed E-state index contributed by atoms with van der Waals surface area (Å²) < 4.78 is 0. The molecule has 1 unspecified atom stereocenters. The first kappa shape index (κ1) is 17.8. The number of carbonyl (C=O) groups excluding carboxylic acids is 1. The van der Waals surface area contributed by atoms with Crippen molar-refractivity contribution in [2.24, 2.45) is 11.8 Å². The van der Waals surface area contributed by atoms with Crippen LogP contribution >= 0.6 is 0 Å². The number of rotatable bonds is 10. The van der Waals surface area contributed by atoms with E-state index in [0.29, 0.717) is 6.54 Å². The lowest BCUT2D eigenvalue weighted by Gasteiger charge is -2.26. The number of amides is 2. The molecule has 0 aromatic heterocycles. The molecule has 0 spiro atoms. The van der Waals surface area contributed by atoms with Crippen LogP contribution in [-0.4, -0.2) is 29.2 Å². The second-order valence-corrected chi connectivity index (χ2v) is 6.76. The average molecular weight is 298 g/mol. The highest BCUT2D eigenvalue weighted by Crippen LogP contribution is 2.39. The first-order chi connectivity index (χ1) is 9.86. The van der Waals surface area contributed by atoms with Gasteiger partial charge in [0.05, 0.1) is 0 Å². The first-order valence-corrected chi connectivity index (χ1v) is 8.15. The smallest absolute Gasteiger partial charge is 0.329 e. The molecule has 1 fully saturated rings. The van der Waals surface area contributed by atoms with Crippen LogP contribution in [0.2, 0.25) is 0 Å². The van der Waals surface area contributed by atoms with Crippen molar-refractivity contribution in [3.8, 4) is 0 Å². The molecule has 5 nitrogen and oxygen atoms in total. The Morgan fingerprint density at radius 3 is 2.33 bits per heavy atom. The largest absolute Gasteiger partial charge is 0.480 e. The Morgan fingerprint density at radius 2 is 1.81 bits per heavy atom. The van der Waals surface area contributed by atoms with Crippen molar-refractivity contribution < 1.29 is 14.7 Å². The van der Waals surface area contributed by atoms with Crippen LogP contribution in [-0.2, 0) is 4.79 Å². The van der Waals surface area contributed by atoms with Crippen LogP contribution in [0.3, 0.4) is 0 Å². The van der Waals surface area contributed by atoms with Gasteiger partial charge >= 0.3 is 12.0 Å². The molecule has 5 heteroatoms. The molecule has 0 heterocycles. The topological polar surface area (TPSA) is 78.4 Å². The molecule has 1 saturated carbocycles. The number of hydrogen-bond donors (Lipinski definition) is 3. The van der Waals surface area contributed by atoms with Gasteiger partial charge in [0.2, 0.25) is 0 Å². The molecule has 0 saturated heterocycles. The molecular formula is C16H30N2O3. The number of aliphatic carboxylic acids is 1. The SMILES string of the molecule is CC(C)CCCCCCNC(=O)NC(C)(C(=O)O)C1CC1. The van der Waals surface area contributed by atoms with Crippen molar-refractivity contribution >= 4 is 12.0 Å². The third-order valence-electron chi connectivity index (χ3n) is 4.21.